The van der Waals surface area contributed by atoms with Crippen LogP contribution >= 0.6 is 0 Å². The van der Waals surface area contributed by atoms with Gasteiger partial charge in [-0.25, -0.2) is 4.99 Å². The molecule has 29 heavy (non-hydrogen) atoms. The largest absolute Gasteiger partial charge is 0.374 e. The number of nitrogens with zero attached hydrogens (tertiary/aromatic N) is 1. The van der Waals surface area contributed by atoms with Crippen LogP contribution in [0.5, 0.6) is 0 Å². The molecule has 0 saturated carbocycles. The molecule has 2 aromatic rings. The van der Waals surface area contributed by atoms with Crippen LogP contribution in [0.15, 0.2) is 59.6 Å². The van der Waals surface area contributed by atoms with Gasteiger partial charge in [0.25, 0.3) is 0 Å². The van der Waals surface area contributed by atoms with Crippen molar-refractivity contribution in [3.8, 4) is 0 Å². The predicted molar refractivity (Wildman–Crippen MR) is 119 cm³/mol. The van der Waals surface area contributed by atoms with Gasteiger partial charge in [-0.3, -0.25) is 4.79 Å². The molecule has 0 spiro atoms. The van der Waals surface area contributed by atoms with Crippen molar-refractivity contribution >= 4 is 17.6 Å². The minimum Gasteiger partial charge on any atom is -0.374 e. The van der Waals surface area contributed by atoms with Crippen LogP contribution in [0.25, 0.3) is 0 Å². The Morgan fingerprint density at radius 3 is 2.62 bits per heavy atom. The van der Waals surface area contributed by atoms with E-state index in [1.807, 2.05) is 49.4 Å². The molecule has 6 heteroatoms. The fourth-order valence-corrected chi connectivity index (χ4v) is 2.82. The summed E-state index contributed by atoms with van der Waals surface area (Å²) in [5.41, 5.74) is 3.01. The minimum absolute atomic E-state index is 0.0792. The van der Waals surface area contributed by atoms with Crippen molar-refractivity contribution in [2.24, 2.45) is 4.99 Å². The zero-order valence-electron chi connectivity index (χ0n) is 17.6. The highest BCUT2D eigenvalue weighted by atomic mass is 16.5. The topological polar surface area (TPSA) is 74.8 Å². The summed E-state index contributed by atoms with van der Waals surface area (Å²) in [6, 6.07) is 18.0. The van der Waals surface area contributed by atoms with E-state index in [0.29, 0.717) is 13.2 Å². The van der Waals surface area contributed by atoms with E-state index in [1.54, 1.807) is 0 Å². The van der Waals surface area contributed by atoms with Crippen molar-refractivity contribution in [2.45, 2.75) is 39.8 Å². The molecule has 0 aliphatic carbocycles. The molecule has 1 atom stereocenters. The first-order valence-electron chi connectivity index (χ1n) is 10.1. The van der Waals surface area contributed by atoms with Gasteiger partial charge in [-0.2, -0.15) is 0 Å². The Bertz CT molecular complexity index is 777. The highest BCUT2D eigenvalue weighted by molar-refractivity contribution is 5.88. The molecule has 0 radical (unpaired) electrons. The van der Waals surface area contributed by atoms with E-state index in [9.17, 15) is 4.79 Å². The van der Waals surface area contributed by atoms with Crippen LogP contribution in [0.1, 0.15) is 44.4 Å². The Morgan fingerprint density at radius 1 is 1.10 bits per heavy atom. The van der Waals surface area contributed by atoms with Gasteiger partial charge in [-0.15, -0.1) is 0 Å². The second-order valence-electron chi connectivity index (χ2n) is 6.78. The van der Waals surface area contributed by atoms with Crippen LogP contribution < -0.4 is 16.0 Å². The summed E-state index contributed by atoms with van der Waals surface area (Å²) >= 11 is 0. The normalized spacial score (nSPS) is 12.3. The van der Waals surface area contributed by atoms with E-state index in [1.165, 1.54) is 12.5 Å². The molecular formula is C23H32N4O2. The Kier molecular flexibility index (Phi) is 9.72. The maximum absolute atomic E-state index is 11.2. The number of anilines is 1. The van der Waals surface area contributed by atoms with Crippen LogP contribution in [0.3, 0.4) is 0 Å². The summed E-state index contributed by atoms with van der Waals surface area (Å²) in [5.74, 6) is 0.693. The second-order valence-corrected chi connectivity index (χ2v) is 6.78. The van der Waals surface area contributed by atoms with Crippen LogP contribution in [-0.2, 0) is 16.1 Å². The quantitative estimate of drug-likeness (QED) is 0.324. The van der Waals surface area contributed by atoms with Crippen LogP contribution in [0.2, 0.25) is 0 Å². The molecule has 0 aliphatic heterocycles. The fourth-order valence-electron chi connectivity index (χ4n) is 2.82. The number of carbonyl (C=O) groups excluding carboxylic acids is 1. The molecular weight excluding hydrogens is 364 g/mol. The summed E-state index contributed by atoms with van der Waals surface area (Å²) in [7, 11) is 0. The van der Waals surface area contributed by atoms with Crippen molar-refractivity contribution in [1.82, 2.24) is 10.6 Å². The Morgan fingerprint density at radius 2 is 1.90 bits per heavy atom. The molecule has 0 heterocycles. The molecule has 0 bridgehead atoms. The number of guanidine groups is 1. The van der Waals surface area contributed by atoms with E-state index >= 15 is 0 Å². The summed E-state index contributed by atoms with van der Waals surface area (Å²) in [5, 5.41) is 9.39. The van der Waals surface area contributed by atoms with Gasteiger partial charge in [-0.1, -0.05) is 42.5 Å². The van der Waals surface area contributed by atoms with Crippen molar-refractivity contribution in [2.75, 3.05) is 25.0 Å². The molecule has 0 aliphatic rings. The Balaban J connectivity index is 1.76. The first-order chi connectivity index (χ1) is 14.1. The highest BCUT2D eigenvalue weighted by Gasteiger charge is 2.04. The molecule has 0 saturated heterocycles. The zero-order valence-corrected chi connectivity index (χ0v) is 17.6. The van der Waals surface area contributed by atoms with Crippen LogP contribution in [-0.4, -0.2) is 31.6 Å². The summed E-state index contributed by atoms with van der Waals surface area (Å²) in [6.45, 7) is 8.40. The van der Waals surface area contributed by atoms with Crippen molar-refractivity contribution in [3.05, 3.63) is 65.7 Å². The molecule has 0 fully saturated rings. The Hall–Kier alpha value is -2.86. The number of carbonyl (C=O) groups is 1. The average molecular weight is 397 g/mol. The van der Waals surface area contributed by atoms with E-state index in [2.05, 4.69) is 40.0 Å². The lowest BCUT2D eigenvalue weighted by molar-refractivity contribution is -0.114. The lowest BCUT2D eigenvalue weighted by Crippen LogP contribution is -2.38. The molecule has 2 rings (SSSR count). The molecule has 2 aromatic carbocycles. The van der Waals surface area contributed by atoms with Crippen LogP contribution in [0, 0.1) is 0 Å². The lowest BCUT2D eigenvalue weighted by Gasteiger charge is -2.15. The molecule has 3 N–H and O–H groups in total. The number of nitrogens with one attached hydrogen (secondary N) is 3. The maximum Gasteiger partial charge on any atom is 0.221 e. The van der Waals surface area contributed by atoms with E-state index in [0.717, 1.165) is 36.7 Å². The Labute approximate surface area is 173 Å². The summed E-state index contributed by atoms with van der Waals surface area (Å²) in [4.78, 5) is 15.8. The monoisotopic (exact) mass is 396 g/mol. The number of amides is 1. The van der Waals surface area contributed by atoms with E-state index < -0.39 is 0 Å². The SMILES string of the molecule is CCNC(=NCc1cccc(NC(C)=O)c1)NCCCOC(C)c1ccccc1. The van der Waals surface area contributed by atoms with Gasteiger partial charge < -0.3 is 20.7 Å². The lowest BCUT2D eigenvalue weighted by atomic mass is 10.1. The molecule has 156 valence electrons. The van der Waals surface area contributed by atoms with Gasteiger partial charge in [0.15, 0.2) is 5.96 Å². The van der Waals surface area contributed by atoms with Gasteiger partial charge in [0.05, 0.1) is 12.6 Å². The maximum atomic E-state index is 11.2. The standard InChI is InChI=1S/C23H32N4O2/c1-4-24-23(26-17-20-10-8-13-22(16-20)27-19(3)28)25-14-9-15-29-18(2)21-11-6-5-7-12-21/h5-8,10-13,16,18H,4,9,14-15,17H2,1-3H3,(H,27,28)(H2,24,25,26). The number of hydrogen-bond acceptors (Lipinski definition) is 3. The smallest absolute Gasteiger partial charge is 0.221 e. The van der Waals surface area contributed by atoms with Crippen LogP contribution in [0.4, 0.5) is 5.69 Å². The van der Waals surface area contributed by atoms with E-state index in [-0.39, 0.29) is 12.0 Å². The third-order valence-electron chi connectivity index (χ3n) is 4.26. The number of rotatable bonds is 10. The van der Waals surface area contributed by atoms with Crippen molar-refractivity contribution in [3.63, 3.8) is 0 Å². The van der Waals surface area contributed by atoms with Gasteiger partial charge in [0.2, 0.25) is 5.91 Å². The fraction of sp³-hybridized carbons (Fsp3) is 0.391. The molecule has 1 unspecified atom stereocenters. The minimum atomic E-state index is -0.0792. The van der Waals surface area contributed by atoms with Crippen molar-refractivity contribution < 1.29 is 9.53 Å². The molecule has 0 aromatic heterocycles. The average Bonchev–Trinajstić information content (AvgIpc) is 2.72. The number of hydrogen-bond donors (Lipinski definition) is 3. The molecule has 1 amide bonds. The predicted octanol–water partition coefficient (Wildman–Crippen LogP) is 3.87. The van der Waals surface area contributed by atoms with Gasteiger partial charge >= 0.3 is 0 Å². The summed E-state index contributed by atoms with van der Waals surface area (Å²) in [6.07, 6.45) is 0.980. The van der Waals surface area contributed by atoms with Gasteiger partial charge in [0.1, 0.15) is 0 Å². The van der Waals surface area contributed by atoms with E-state index in [4.69, 9.17) is 4.74 Å². The number of ether oxygens (including phenoxy) is 1. The highest BCUT2D eigenvalue weighted by Crippen LogP contribution is 2.15. The number of aliphatic imine (C=N–C) groups is 1. The van der Waals surface area contributed by atoms with Crippen molar-refractivity contribution in [1.29, 1.82) is 0 Å². The summed E-state index contributed by atoms with van der Waals surface area (Å²) < 4.78 is 5.91. The molecule has 6 nitrogen and oxygen atoms in total. The van der Waals surface area contributed by atoms with Gasteiger partial charge in [-0.05, 0) is 43.5 Å². The zero-order chi connectivity index (χ0) is 20.9. The van der Waals surface area contributed by atoms with Gasteiger partial charge in [0, 0.05) is 32.3 Å². The second kappa shape index (κ2) is 12.6. The first kappa shape index (κ1) is 22.4. The third kappa shape index (κ3) is 8.79. The number of benzene rings is 2. The third-order valence-corrected chi connectivity index (χ3v) is 4.26. The first-order valence-corrected chi connectivity index (χ1v) is 10.1.